The lowest BCUT2D eigenvalue weighted by molar-refractivity contribution is -0.116. The quantitative estimate of drug-likeness (QED) is 0.407. The maximum atomic E-state index is 12.9. The van der Waals surface area contributed by atoms with E-state index in [9.17, 15) is 4.79 Å². The average molecular weight is 488 g/mol. The number of thiocarbonyl (C=S) groups is 1. The summed E-state index contributed by atoms with van der Waals surface area (Å²) in [5.41, 5.74) is 4.22. The van der Waals surface area contributed by atoms with Gasteiger partial charge < -0.3 is 20.1 Å². The van der Waals surface area contributed by atoms with Gasteiger partial charge in [0, 0.05) is 42.8 Å². The molecule has 0 bridgehead atoms. The maximum absolute atomic E-state index is 12.9. The Bertz CT molecular complexity index is 1170. The van der Waals surface area contributed by atoms with Gasteiger partial charge in [-0.25, -0.2) is 0 Å². The summed E-state index contributed by atoms with van der Waals surface area (Å²) in [5, 5.41) is 7.29. The Morgan fingerprint density at radius 1 is 1.11 bits per heavy atom. The summed E-state index contributed by atoms with van der Waals surface area (Å²) in [6.07, 6.45) is 10.2. The molecule has 2 fully saturated rings. The van der Waals surface area contributed by atoms with Gasteiger partial charge >= 0.3 is 0 Å². The number of rotatable bonds is 8. The van der Waals surface area contributed by atoms with Crippen LogP contribution in [-0.4, -0.2) is 32.0 Å². The number of hydrogen-bond donors (Lipinski definition) is 2. The molecule has 1 aliphatic carbocycles. The van der Waals surface area contributed by atoms with Gasteiger partial charge in [0.05, 0.1) is 17.8 Å². The van der Waals surface area contributed by atoms with Crippen LogP contribution in [0.1, 0.15) is 74.1 Å². The van der Waals surface area contributed by atoms with Gasteiger partial charge in [-0.2, -0.15) is 0 Å². The third-order valence-corrected chi connectivity index (χ3v) is 7.64. The highest BCUT2D eigenvalue weighted by Crippen LogP contribution is 2.41. The molecule has 0 spiro atoms. The molecule has 1 amide bonds. The fraction of sp³-hybridized carbons (Fsp3) is 0.393. The van der Waals surface area contributed by atoms with Crippen LogP contribution in [-0.2, 0) is 11.2 Å². The summed E-state index contributed by atoms with van der Waals surface area (Å²) < 4.78 is 2.44. The minimum absolute atomic E-state index is 0.0000818. The third kappa shape index (κ3) is 4.96. The number of carbonyl (C=O) groups excluding carboxylic acids is 1. The number of aromatic nitrogens is 2. The first kappa shape index (κ1) is 23.5. The molecule has 6 nitrogen and oxygen atoms in total. The van der Waals surface area contributed by atoms with Crippen molar-refractivity contribution in [1.29, 1.82) is 0 Å². The molecule has 1 aliphatic heterocycles. The van der Waals surface area contributed by atoms with Crippen molar-refractivity contribution in [2.24, 2.45) is 0 Å². The zero-order valence-corrected chi connectivity index (χ0v) is 21.0. The van der Waals surface area contributed by atoms with Gasteiger partial charge in [0.25, 0.3) is 0 Å². The number of hydrogen-bond acceptors (Lipinski definition) is 3. The molecule has 2 aliphatic rings. The fourth-order valence-corrected chi connectivity index (χ4v) is 5.86. The van der Waals surface area contributed by atoms with E-state index in [2.05, 4.69) is 56.4 Å². The molecule has 0 unspecified atom stereocenters. The number of amides is 1. The predicted octanol–water partition coefficient (Wildman–Crippen LogP) is 5.56. The molecule has 3 heterocycles. The van der Waals surface area contributed by atoms with E-state index in [1.165, 1.54) is 31.4 Å². The molecular formula is C28H33N5OS. The smallest absolute Gasteiger partial charge is 0.226 e. The maximum Gasteiger partial charge on any atom is 0.226 e. The lowest BCUT2D eigenvalue weighted by atomic mass is 10.0. The van der Waals surface area contributed by atoms with E-state index in [-0.39, 0.29) is 18.0 Å². The normalized spacial score (nSPS) is 20.3. The Balaban J connectivity index is 1.39. The van der Waals surface area contributed by atoms with Crippen LogP contribution in [0.4, 0.5) is 5.69 Å². The van der Waals surface area contributed by atoms with Crippen LogP contribution < -0.4 is 10.6 Å². The number of benzene rings is 1. The van der Waals surface area contributed by atoms with Gasteiger partial charge in [-0.15, -0.1) is 0 Å². The van der Waals surface area contributed by atoms with E-state index >= 15 is 0 Å². The van der Waals surface area contributed by atoms with Crippen LogP contribution in [0, 0.1) is 0 Å². The molecule has 35 heavy (non-hydrogen) atoms. The summed E-state index contributed by atoms with van der Waals surface area (Å²) in [5.74, 6) is -0.0000818. The highest BCUT2D eigenvalue weighted by molar-refractivity contribution is 7.80. The second kappa shape index (κ2) is 10.6. The van der Waals surface area contributed by atoms with Crippen molar-refractivity contribution in [3.05, 3.63) is 83.9 Å². The standard InChI is InChI=1S/C28H33N5OS/c1-2-20-10-3-6-13-22(20)30-25(34)16-19-33-27(24-15-9-18-32(24)21-11-4-5-12-21)26(31-28(33)35)23-14-7-8-17-29-23/h3,6-10,13-15,17-18,21,26-27H,2,4-5,11-12,16,19H2,1H3,(H,30,34)(H,31,35)/t26-,27-/m0/s1. The number of pyridine rings is 1. The Hall–Kier alpha value is -3.19. The zero-order chi connectivity index (χ0) is 24.2. The predicted molar refractivity (Wildman–Crippen MR) is 143 cm³/mol. The van der Waals surface area contributed by atoms with Crippen LogP contribution >= 0.6 is 12.2 Å². The second-order valence-electron chi connectivity index (χ2n) is 9.41. The average Bonchev–Trinajstić information content (AvgIpc) is 3.63. The largest absolute Gasteiger partial charge is 0.352 e. The summed E-state index contributed by atoms with van der Waals surface area (Å²) >= 11 is 5.81. The minimum atomic E-state index is -0.0670. The Labute approximate surface area is 212 Å². The van der Waals surface area contributed by atoms with Gasteiger partial charge in [-0.05, 0) is 67.4 Å². The topological polar surface area (TPSA) is 62.2 Å². The van der Waals surface area contributed by atoms with Gasteiger partial charge in [0.15, 0.2) is 5.11 Å². The minimum Gasteiger partial charge on any atom is -0.352 e. The van der Waals surface area contributed by atoms with E-state index < -0.39 is 0 Å². The van der Waals surface area contributed by atoms with Crippen molar-refractivity contribution in [3.63, 3.8) is 0 Å². The van der Waals surface area contributed by atoms with Gasteiger partial charge in [0.1, 0.15) is 0 Å². The number of carbonyl (C=O) groups is 1. The molecule has 5 rings (SSSR count). The number of nitrogens with one attached hydrogen (secondary N) is 2. The Morgan fingerprint density at radius 2 is 1.91 bits per heavy atom. The van der Waals surface area contributed by atoms with E-state index in [1.807, 2.05) is 42.6 Å². The third-order valence-electron chi connectivity index (χ3n) is 7.28. The van der Waals surface area contributed by atoms with Crippen molar-refractivity contribution < 1.29 is 4.79 Å². The molecule has 1 aromatic carbocycles. The van der Waals surface area contributed by atoms with Gasteiger partial charge in [-0.1, -0.05) is 44.0 Å². The van der Waals surface area contributed by atoms with Crippen LogP contribution in [0.25, 0.3) is 0 Å². The van der Waals surface area contributed by atoms with Crippen molar-refractivity contribution in [2.45, 2.75) is 63.6 Å². The van der Waals surface area contributed by atoms with Gasteiger partial charge in [-0.3, -0.25) is 9.78 Å². The van der Waals surface area contributed by atoms with Crippen LogP contribution in [0.3, 0.4) is 0 Å². The number of nitrogens with zero attached hydrogens (tertiary/aromatic N) is 3. The van der Waals surface area contributed by atoms with E-state index in [4.69, 9.17) is 12.2 Å². The second-order valence-corrected chi connectivity index (χ2v) is 9.79. The molecule has 3 aromatic rings. The van der Waals surface area contributed by atoms with E-state index in [1.54, 1.807) is 0 Å². The van der Waals surface area contributed by atoms with Crippen LogP contribution in [0.15, 0.2) is 67.0 Å². The zero-order valence-electron chi connectivity index (χ0n) is 20.2. The molecule has 0 radical (unpaired) electrons. The Kier molecular flexibility index (Phi) is 7.13. The van der Waals surface area contributed by atoms with Crippen molar-refractivity contribution >= 4 is 28.9 Å². The summed E-state index contributed by atoms with van der Waals surface area (Å²) in [6.45, 7) is 2.64. The molecular weight excluding hydrogens is 454 g/mol. The monoisotopic (exact) mass is 487 g/mol. The lowest BCUT2D eigenvalue weighted by Crippen LogP contribution is -2.33. The first-order chi connectivity index (χ1) is 17.2. The summed E-state index contributed by atoms with van der Waals surface area (Å²) in [7, 11) is 0. The van der Waals surface area contributed by atoms with Gasteiger partial charge in [0.2, 0.25) is 5.91 Å². The van der Waals surface area contributed by atoms with Crippen LogP contribution in [0.5, 0.6) is 0 Å². The number of aryl methyl sites for hydroxylation is 1. The molecule has 1 saturated carbocycles. The summed E-state index contributed by atoms with van der Waals surface area (Å²) in [4.78, 5) is 19.8. The molecule has 1 saturated heterocycles. The lowest BCUT2D eigenvalue weighted by Gasteiger charge is -2.30. The van der Waals surface area contributed by atoms with Crippen LogP contribution in [0.2, 0.25) is 0 Å². The number of anilines is 1. The Morgan fingerprint density at radius 3 is 2.69 bits per heavy atom. The van der Waals surface area contributed by atoms with Crippen molar-refractivity contribution in [1.82, 2.24) is 19.8 Å². The van der Waals surface area contributed by atoms with Crippen molar-refractivity contribution in [3.8, 4) is 0 Å². The molecule has 182 valence electrons. The molecule has 2 N–H and O–H groups in total. The fourth-order valence-electron chi connectivity index (χ4n) is 5.53. The van der Waals surface area contributed by atoms with E-state index in [0.717, 1.165) is 23.4 Å². The molecule has 2 aromatic heterocycles. The highest BCUT2D eigenvalue weighted by Gasteiger charge is 2.41. The van der Waals surface area contributed by atoms with E-state index in [0.29, 0.717) is 24.1 Å². The first-order valence-corrected chi connectivity index (χ1v) is 13.1. The SMILES string of the molecule is CCc1ccccc1NC(=O)CCN1C(=S)N[C@@H](c2ccccn2)[C@@H]1c1cccn1C1CCCC1. The van der Waals surface area contributed by atoms with Crippen molar-refractivity contribution in [2.75, 3.05) is 11.9 Å². The molecule has 7 heteroatoms. The number of para-hydroxylation sites is 1. The first-order valence-electron chi connectivity index (χ1n) is 12.7. The molecule has 2 atom stereocenters. The summed E-state index contributed by atoms with van der Waals surface area (Å²) in [6, 6.07) is 18.8. The highest BCUT2D eigenvalue weighted by atomic mass is 32.1.